The van der Waals surface area contributed by atoms with Crippen molar-refractivity contribution in [1.29, 1.82) is 0 Å². The molecule has 0 aliphatic carbocycles. The van der Waals surface area contributed by atoms with Crippen LogP contribution in [0.3, 0.4) is 0 Å². The van der Waals surface area contributed by atoms with Crippen molar-refractivity contribution in [2.24, 2.45) is 0 Å². The van der Waals surface area contributed by atoms with Crippen LogP contribution >= 0.6 is 11.6 Å². The van der Waals surface area contributed by atoms with Crippen LogP contribution in [0.2, 0.25) is 5.02 Å². The molecule has 1 aromatic heterocycles. The third-order valence-corrected chi connectivity index (χ3v) is 5.08. The second-order valence-electron chi connectivity index (χ2n) is 7.36. The van der Waals surface area contributed by atoms with Gasteiger partial charge in [-0.3, -0.25) is 0 Å². The van der Waals surface area contributed by atoms with Gasteiger partial charge in [0.05, 0.1) is 22.0 Å². The van der Waals surface area contributed by atoms with Crippen molar-refractivity contribution in [2.45, 2.75) is 19.0 Å². The van der Waals surface area contributed by atoms with E-state index in [1.807, 2.05) is 19.0 Å². The van der Waals surface area contributed by atoms with Crippen molar-refractivity contribution in [3.8, 4) is 16.9 Å². The largest absolute Gasteiger partial charge is 0.478 e. The molecule has 0 atom stereocenters. The first-order chi connectivity index (χ1) is 14.6. The summed E-state index contributed by atoms with van der Waals surface area (Å²) >= 11 is 6.21. The zero-order chi connectivity index (χ0) is 22.8. The van der Waals surface area contributed by atoms with Crippen molar-refractivity contribution in [3.05, 3.63) is 70.4 Å². The topological polar surface area (TPSA) is 58.4 Å². The van der Waals surface area contributed by atoms with Gasteiger partial charge in [-0.05, 0) is 69.4 Å². The molecule has 9 heteroatoms. The minimum Gasteiger partial charge on any atom is -0.478 e. The van der Waals surface area contributed by atoms with E-state index in [0.717, 1.165) is 17.3 Å². The van der Waals surface area contributed by atoms with Gasteiger partial charge in [-0.2, -0.15) is 18.3 Å². The number of nitrogens with zero attached hydrogens (tertiary/aromatic N) is 3. The Morgan fingerprint density at radius 2 is 1.87 bits per heavy atom. The second-order valence-corrected chi connectivity index (χ2v) is 7.77. The van der Waals surface area contributed by atoms with Gasteiger partial charge in [0, 0.05) is 5.56 Å². The predicted octanol–water partition coefficient (Wildman–Crippen LogP) is 5.40. The third-order valence-electron chi connectivity index (χ3n) is 4.76. The molecule has 3 rings (SSSR count). The first kappa shape index (κ1) is 22.8. The summed E-state index contributed by atoms with van der Waals surface area (Å²) < 4.78 is 41.4. The van der Waals surface area contributed by atoms with Gasteiger partial charge in [0.15, 0.2) is 5.69 Å². The van der Waals surface area contributed by atoms with Crippen LogP contribution in [0, 0.1) is 0 Å². The molecule has 0 saturated carbocycles. The van der Waals surface area contributed by atoms with Gasteiger partial charge < -0.3 is 10.0 Å². The number of benzene rings is 2. The SMILES string of the molecule is CN(C)CCCc1cc(-c2cc(C(F)(F)F)nn2-c2ccccc2Cl)ccc1C(=O)O. The highest BCUT2D eigenvalue weighted by molar-refractivity contribution is 6.32. The lowest BCUT2D eigenvalue weighted by atomic mass is 9.98. The Labute approximate surface area is 182 Å². The minimum atomic E-state index is -4.64. The first-order valence-electron chi connectivity index (χ1n) is 9.51. The summed E-state index contributed by atoms with van der Waals surface area (Å²) in [5, 5.41) is 13.5. The molecule has 2 aromatic carbocycles. The summed E-state index contributed by atoms with van der Waals surface area (Å²) in [6.45, 7) is 0.749. The van der Waals surface area contributed by atoms with E-state index in [9.17, 15) is 23.1 Å². The van der Waals surface area contributed by atoms with Gasteiger partial charge in [0.1, 0.15) is 0 Å². The molecule has 5 nitrogen and oxygen atoms in total. The zero-order valence-electron chi connectivity index (χ0n) is 16.9. The number of aromatic carboxylic acids is 1. The Bertz CT molecular complexity index is 1090. The molecular weight excluding hydrogens is 431 g/mol. The van der Waals surface area contributed by atoms with Crippen molar-refractivity contribution in [3.63, 3.8) is 0 Å². The first-order valence-corrected chi connectivity index (χ1v) is 9.89. The summed E-state index contributed by atoms with van der Waals surface area (Å²) in [5.41, 5.74) is 0.513. The molecule has 0 aliphatic heterocycles. The Kier molecular flexibility index (Phi) is 6.71. The quantitative estimate of drug-likeness (QED) is 0.522. The molecule has 0 spiro atoms. The minimum absolute atomic E-state index is 0.127. The summed E-state index contributed by atoms with van der Waals surface area (Å²) in [5.74, 6) is -1.08. The van der Waals surface area contributed by atoms with Crippen molar-refractivity contribution < 1.29 is 23.1 Å². The van der Waals surface area contributed by atoms with Crippen LogP contribution in [0.5, 0.6) is 0 Å². The molecule has 1 heterocycles. The van der Waals surface area contributed by atoms with Gasteiger partial charge in [-0.1, -0.05) is 29.8 Å². The van der Waals surface area contributed by atoms with E-state index in [1.54, 1.807) is 30.3 Å². The maximum Gasteiger partial charge on any atom is 0.435 e. The number of hydrogen-bond acceptors (Lipinski definition) is 3. The molecular formula is C22H21ClF3N3O2. The lowest BCUT2D eigenvalue weighted by Gasteiger charge is -2.13. The highest BCUT2D eigenvalue weighted by Crippen LogP contribution is 2.35. The summed E-state index contributed by atoms with van der Waals surface area (Å²) in [6.07, 6.45) is -3.47. The third kappa shape index (κ3) is 5.26. The maximum atomic E-state index is 13.4. The Morgan fingerprint density at radius 1 is 1.16 bits per heavy atom. The van der Waals surface area contributed by atoms with Crippen LogP contribution in [0.4, 0.5) is 13.2 Å². The molecule has 0 unspecified atom stereocenters. The van der Waals surface area contributed by atoms with Crippen molar-refractivity contribution in [1.82, 2.24) is 14.7 Å². The maximum absolute atomic E-state index is 13.4. The molecule has 1 N–H and O–H groups in total. The van der Waals surface area contributed by atoms with E-state index in [0.29, 0.717) is 29.7 Å². The fraction of sp³-hybridized carbons (Fsp3) is 0.273. The van der Waals surface area contributed by atoms with Crippen molar-refractivity contribution >= 4 is 17.6 Å². The normalized spacial score (nSPS) is 11.8. The molecule has 31 heavy (non-hydrogen) atoms. The van der Waals surface area contributed by atoms with Crippen molar-refractivity contribution in [2.75, 3.05) is 20.6 Å². The lowest BCUT2D eigenvalue weighted by Crippen LogP contribution is -2.14. The molecule has 0 radical (unpaired) electrons. The van der Waals surface area contributed by atoms with Crippen LogP contribution in [0.1, 0.15) is 28.0 Å². The van der Waals surface area contributed by atoms with E-state index in [2.05, 4.69) is 5.10 Å². The standard InChI is InChI=1S/C22H21ClF3N3O2/c1-28(2)11-5-6-14-12-15(9-10-16(14)21(30)31)19-13-20(22(24,25)26)27-29(19)18-8-4-3-7-17(18)23/h3-4,7-10,12-13H,5-6,11H2,1-2H3,(H,30,31). The second kappa shape index (κ2) is 9.11. The number of hydrogen-bond donors (Lipinski definition) is 1. The van der Waals surface area contributed by atoms with E-state index >= 15 is 0 Å². The predicted molar refractivity (Wildman–Crippen MR) is 113 cm³/mol. The van der Waals surface area contributed by atoms with E-state index in [-0.39, 0.29) is 16.3 Å². The molecule has 0 saturated heterocycles. The Balaban J connectivity index is 2.14. The van der Waals surface area contributed by atoms with E-state index < -0.39 is 17.8 Å². The molecule has 0 bridgehead atoms. The molecule has 3 aromatic rings. The van der Waals surface area contributed by atoms with Crippen LogP contribution in [-0.4, -0.2) is 46.4 Å². The average Bonchev–Trinajstić information content (AvgIpc) is 3.13. The molecule has 0 amide bonds. The molecule has 0 aliphatic rings. The average molecular weight is 452 g/mol. The van der Waals surface area contributed by atoms with Crippen LogP contribution < -0.4 is 0 Å². The van der Waals surface area contributed by atoms with Gasteiger partial charge in [0.2, 0.25) is 0 Å². The number of aryl methyl sites for hydroxylation is 1. The molecule has 164 valence electrons. The highest BCUT2D eigenvalue weighted by atomic mass is 35.5. The number of halogens is 4. The number of carbonyl (C=O) groups is 1. The fourth-order valence-corrected chi connectivity index (χ4v) is 3.50. The van der Waals surface area contributed by atoms with Crippen LogP contribution in [0.15, 0.2) is 48.5 Å². The monoisotopic (exact) mass is 451 g/mol. The lowest BCUT2D eigenvalue weighted by molar-refractivity contribution is -0.141. The van der Waals surface area contributed by atoms with Gasteiger partial charge in [0.25, 0.3) is 0 Å². The van der Waals surface area contributed by atoms with E-state index in [4.69, 9.17) is 11.6 Å². The van der Waals surface area contributed by atoms with Crippen LogP contribution in [0.25, 0.3) is 16.9 Å². The number of rotatable bonds is 7. The number of aromatic nitrogens is 2. The van der Waals surface area contributed by atoms with Gasteiger partial charge in [-0.15, -0.1) is 0 Å². The number of carboxylic acid groups (broad SMARTS) is 1. The number of carboxylic acids is 1. The van der Waals surface area contributed by atoms with Gasteiger partial charge >= 0.3 is 12.1 Å². The summed E-state index contributed by atoms with van der Waals surface area (Å²) in [4.78, 5) is 13.6. The molecule has 0 fully saturated rings. The van der Waals surface area contributed by atoms with Crippen LogP contribution in [-0.2, 0) is 12.6 Å². The highest BCUT2D eigenvalue weighted by Gasteiger charge is 2.35. The fourth-order valence-electron chi connectivity index (χ4n) is 3.29. The van der Waals surface area contributed by atoms with Gasteiger partial charge in [-0.25, -0.2) is 9.48 Å². The summed E-state index contributed by atoms with van der Waals surface area (Å²) in [7, 11) is 3.82. The Morgan fingerprint density at radius 3 is 2.48 bits per heavy atom. The summed E-state index contributed by atoms with van der Waals surface area (Å²) in [6, 6.07) is 11.9. The number of para-hydroxylation sites is 1. The number of alkyl halides is 3. The Hall–Kier alpha value is -2.84. The van der Waals surface area contributed by atoms with E-state index in [1.165, 1.54) is 12.1 Å². The smallest absolute Gasteiger partial charge is 0.435 e. The zero-order valence-corrected chi connectivity index (χ0v) is 17.7.